The minimum Gasteiger partial charge on any atom is -0.496 e. The number of hydrazine groups is 1. The molecular weight excluding hydrogens is 397 g/mol. The van der Waals surface area contributed by atoms with E-state index in [0.29, 0.717) is 12.3 Å². The molecule has 2 aromatic rings. The molecule has 2 aromatic carbocycles. The Bertz CT molecular complexity index is 1020. The van der Waals surface area contributed by atoms with Gasteiger partial charge in [-0.15, -0.1) is 0 Å². The second kappa shape index (κ2) is 6.79. The van der Waals surface area contributed by atoms with Crippen molar-refractivity contribution in [2.75, 3.05) is 25.1 Å². The smallest absolute Gasteiger partial charge is 0.253 e. The van der Waals surface area contributed by atoms with E-state index >= 15 is 0 Å². The van der Waals surface area contributed by atoms with Gasteiger partial charge in [-0.25, -0.2) is 19.3 Å². The van der Waals surface area contributed by atoms with Crippen LogP contribution in [0.2, 0.25) is 5.02 Å². The molecule has 3 aliphatic heterocycles. The van der Waals surface area contributed by atoms with Gasteiger partial charge in [-0.2, -0.15) is 0 Å². The Morgan fingerprint density at radius 1 is 1.03 bits per heavy atom. The number of imide groups is 1. The number of ether oxygens (including phenoxy) is 1. The van der Waals surface area contributed by atoms with Crippen molar-refractivity contribution in [3.8, 4) is 5.75 Å². The molecule has 0 saturated carbocycles. The first kappa shape index (κ1) is 18.5. The van der Waals surface area contributed by atoms with Crippen molar-refractivity contribution < 1.29 is 18.7 Å². The predicted molar refractivity (Wildman–Crippen MR) is 105 cm³/mol. The van der Waals surface area contributed by atoms with Crippen molar-refractivity contribution >= 4 is 29.1 Å². The summed E-state index contributed by atoms with van der Waals surface area (Å²) in [5.74, 6) is -1.22. The van der Waals surface area contributed by atoms with Gasteiger partial charge in [0.05, 0.1) is 29.8 Å². The van der Waals surface area contributed by atoms with Gasteiger partial charge in [0.1, 0.15) is 17.6 Å². The van der Waals surface area contributed by atoms with E-state index in [4.69, 9.17) is 16.3 Å². The molecule has 0 unspecified atom stereocenters. The van der Waals surface area contributed by atoms with Crippen molar-refractivity contribution in [3.05, 3.63) is 58.9 Å². The van der Waals surface area contributed by atoms with E-state index in [1.54, 1.807) is 7.11 Å². The van der Waals surface area contributed by atoms with Gasteiger partial charge in [-0.1, -0.05) is 29.8 Å². The highest BCUT2D eigenvalue weighted by Gasteiger charge is 2.63. The van der Waals surface area contributed by atoms with Gasteiger partial charge in [-0.05, 0) is 30.7 Å². The number of hydrogen-bond acceptors (Lipinski definition) is 5. The van der Waals surface area contributed by atoms with Crippen LogP contribution in [-0.2, 0) is 9.59 Å². The molecule has 6 nitrogen and oxygen atoms in total. The molecule has 2 amide bonds. The Kier molecular flexibility index (Phi) is 4.34. The zero-order valence-electron chi connectivity index (χ0n) is 15.7. The first-order valence-corrected chi connectivity index (χ1v) is 9.89. The summed E-state index contributed by atoms with van der Waals surface area (Å²) in [4.78, 5) is 27.9. The van der Waals surface area contributed by atoms with Gasteiger partial charge >= 0.3 is 0 Å². The average Bonchev–Trinajstić information content (AvgIpc) is 3.36. The molecular formula is C21H19ClFN3O3. The summed E-state index contributed by atoms with van der Waals surface area (Å²) < 4.78 is 19.6. The van der Waals surface area contributed by atoms with E-state index in [0.717, 1.165) is 29.5 Å². The highest BCUT2D eigenvalue weighted by atomic mass is 35.5. The number of benzene rings is 2. The van der Waals surface area contributed by atoms with Crippen molar-refractivity contribution in [1.82, 2.24) is 10.0 Å². The Hall–Kier alpha value is -2.48. The highest BCUT2D eigenvalue weighted by molar-refractivity contribution is 6.31. The lowest BCUT2D eigenvalue weighted by atomic mass is 9.89. The summed E-state index contributed by atoms with van der Waals surface area (Å²) in [5, 5.41) is 4.06. The largest absolute Gasteiger partial charge is 0.496 e. The van der Waals surface area contributed by atoms with Gasteiger partial charge in [0.15, 0.2) is 0 Å². The van der Waals surface area contributed by atoms with E-state index in [-0.39, 0.29) is 28.6 Å². The summed E-state index contributed by atoms with van der Waals surface area (Å²) in [7, 11) is 1.59. The van der Waals surface area contributed by atoms with E-state index < -0.39 is 17.8 Å². The van der Waals surface area contributed by atoms with Gasteiger partial charge in [0.25, 0.3) is 5.91 Å². The number of amides is 2. The fourth-order valence-corrected chi connectivity index (χ4v) is 4.99. The van der Waals surface area contributed by atoms with Crippen molar-refractivity contribution in [2.45, 2.75) is 18.5 Å². The third-order valence-corrected chi connectivity index (χ3v) is 6.33. The lowest BCUT2D eigenvalue weighted by Crippen LogP contribution is -2.44. The van der Waals surface area contributed by atoms with Gasteiger partial charge < -0.3 is 4.74 Å². The highest BCUT2D eigenvalue weighted by Crippen LogP contribution is 2.50. The van der Waals surface area contributed by atoms with Crippen LogP contribution >= 0.6 is 11.6 Å². The molecule has 0 spiro atoms. The molecule has 0 aromatic heterocycles. The van der Waals surface area contributed by atoms with E-state index in [2.05, 4.69) is 5.01 Å². The first-order chi connectivity index (χ1) is 14.0. The number of hydrogen-bond donors (Lipinski definition) is 0. The SMILES string of the molecule is COc1ccccc1[C@@H]1[C@H]2C(=O)N(c3ccc(Cl)c(F)c3)C(=O)[C@@H]2N2CCCN12. The third-order valence-electron chi connectivity index (χ3n) is 6.02. The molecule has 5 rings (SSSR count). The number of methoxy groups -OCH3 is 1. The molecule has 150 valence electrons. The lowest BCUT2D eigenvalue weighted by molar-refractivity contribution is -0.126. The molecule has 3 atom stereocenters. The van der Waals surface area contributed by atoms with Crippen LogP contribution in [0.25, 0.3) is 0 Å². The molecule has 29 heavy (non-hydrogen) atoms. The number of halogens is 2. The van der Waals surface area contributed by atoms with Crippen LogP contribution in [0.4, 0.5) is 10.1 Å². The maximum absolute atomic E-state index is 14.0. The zero-order valence-corrected chi connectivity index (χ0v) is 16.5. The number of carbonyl (C=O) groups excluding carboxylic acids is 2. The van der Waals surface area contributed by atoms with Crippen molar-refractivity contribution in [1.29, 1.82) is 0 Å². The summed E-state index contributed by atoms with van der Waals surface area (Å²) in [5.41, 5.74) is 1.08. The maximum atomic E-state index is 14.0. The summed E-state index contributed by atoms with van der Waals surface area (Å²) >= 11 is 5.77. The van der Waals surface area contributed by atoms with Gasteiger partial charge in [-0.3, -0.25) is 9.59 Å². The number of nitrogens with zero attached hydrogens (tertiary/aromatic N) is 3. The van der Waals surface area contributed by atoms with Crippen LogP contribution in [0.15, 0.2) is 42.5 Å². The molecule has 3 heterocycles. The van der Waals surface area contributed by atoms with Crippen molar-refractivity contribution in [3.63, 3.8) is 0 Å². The summed E-state index contributed by atoms with van der Waals surface area (Å²) in [6, 6.07) is 10.7. The molecule has 3 aliphatic rings. The Morgan fingerprint density at radius 2 is 1.76 bits per heavy atom. The van der Waals surface area contributed by atoms with Gasteiger partial charge in [0.2, 0.25) is 5.91 Å². The first-order valence-electron chi connectivity index (χ1n) is 9.52. The van der Waals surface area contributed by atoms with Crippen LogP contribution in [0.3, 0.4) is 0 Å². The molecule has 3 fully saturated rings. The maximum Gasteiger partial charge on any atom is 0.253 e. The Morgan fingerprint density at radius 3 is 2.48 bits per heavy atom. The Labute approximate surface area is 172 Å². The van der Waals surface area contributed by atoms with E-state index in [1.165, 1.54) is 12.1 Å². The molecule has 3 saturated heterocycles. The monoisotopic (exact) mass is 415 g/mol. The standard InChI is InChI=1S/C21H19ClFN3O3/c1-29-16-6-3-2-5-13(16)18-17-19(25-10-4-9-24(18)25)21(28)26(20(17)27)12-7-8-14(22)15(23)11-12/h2-3,5-8,11,17-19H,4,9-10H2,1H3/t17-,18-,19-/m1/s1. The van der Waals surface area contributed by atoms with E-state index in [1.807, 2.05) is 29.3 Å². The summed E-state index contributed by atoms with van der Waals surface area (Å²) in [6.07, 6.45) is 0.909. The molecule has 0 N–H and O–H groups in total. The quantitative estimate of drug-likeness (QED) is 0.721. The minimum absolute atomic E-state index is 0.0503. The van der Waals surface area contributed by atoms with Crippen molar-refractivity contribution in [2.24, 2.45) is 5.92 Å². The molecule has 0 radical (unpaired) electrons. The fourth-order valence-electron chi connectivity index (χ4n) is 4.88. The average molecular weight is 416 g/mol. The van der Waals surface area contributed by atoms with Gasteiger partial charge in [0, 0.05) is 18.7 Å². The minimum atomic E-state index is -0.661. The van der Waals surface area contributed by atoms with Crippen LogP contribution < -0.4 is 9.64 Å². The van der Waals surface area contributed by atoms with Crippen LogP contribution in [0, 0.1) is 11.7 Å². The Balaban J connectivity index is 1.60. The fraction of sp³-hybridized carbons (Fsp3) is 0.333. The zero-order chi connectivity index (χ0) is 20.3. The van der Waals surface area contributed by atoms with E-state index in [9.17, 15) is 14.0 Å². The molecule has 0 bridgehead atoms. The number of para-hydroxylation sites is 1. The molecule has 0 aliphatic carbocycles. The normalized spacial score (nSPS) is 26.9. The van der Waals surface area contributed by atoms with Crippen LogP contribution in [0.1, 0.15) is 18.0 Å². The predicted octanol–water partition coefficient (Wildman–Crippen LogP) is 3.02. The second-order valence-corrected chi connectivity index (χ2v) is 7.85. The van der Waals surface area contributed by atoms with Crippen LogP contribution in [-0.4, -0.2) is 48.1 Å². The lowest BCUT2D eigenvalue weighted by Gasteiger charge is -2.30. The number of fused-ring (bicyclic) bond motifs is 3. The second-order valence-electron chi connectivity index (χ2n) is 7.45. The number of rotatable bonds is 3. The number of carbonyl (C=O) groups is 2. The molecule has 8 heteroatoms. The topological polar surface area (TPSA) is 53.1 Å². The summed E-state index contributed by atoms with van der Waals surface area (Å²) in [6.45, 7) is 1.47. The number of anilines is 1. The van der Waals surface area contributed by atoms with Crippen LogP contribution in [0.5, 0.6) is 5.75 Å². The third kappa shape index (κ3) is 2.61.